The maximum atomic E-state index is 12.1. The molecule has 0 aliphatic rings. The summed E-state index contributed by atoms with van der Waals surface area (Å²) in [5.74, 6) is -0.607. The van der Waals surface area contributed by atoms with E-state index >= 15 is 0 Å². The van der Waals surface area contributed by atoms with Crippen molar-refractivity contribution in [1.82, 2.24) is 10.6 Å². The maximum Gasteiger partial charge on any atom is 0.328 e. The highest BCUT2D eigenvalue weighted by atomic mass is 16.5. The van der Waals surface area contributed by atoms with E-state index in [0.717, 1.165) is 19.3 Å². The molecule has 0 radical (unpaired) electrons. The van der Waals surface area contributed by atoms with Gasteiger partial charge in [0.2, 0.25) is 5.91 Å². The lowest BCUT2D eigenvalue weighted by Crippen LogP contribution is -2.42. The van der Waals surface area contributed by atoms with E-state index < -0.39 is 12.0 Å². The average Bonchev–Trinajstić information content (AvgIpc) is 2.59. The minimum Gasteiger partial charge on any atom is -0.464 e. The number of amides is 1. The third-order valence-electron chi connectivity index (χ3n) is 4.15. The number of hydrogen-bond donors (Lipinski definition) is 4. The molecule has 26 heavy (non-hydrogen) atoms. The van der Waals surface area contributed by atoms with Gasteiger partial charge in [0.25, 0.3) is 0 Å². The molecule has 0 saturated heterocycles. The highest BCUT2D eigenvalue weighted by molar-refractivity contribution is 5.84. The van der Waals surface area contributed by atoms with Gasteiger partial charge in [-0.2, -0.15) is 0 Å². The zero-order valence-corrected chi connectivity index (χ0v) is 16.6. The summed E-state index contributed by atoms with van der Waals surface area (Å²) in [6, 6.07) is -0.634. The number of rotatable bonds is 16. The van der Waals surface area contributed by atoms with E-state index in [1.54, 1.807) is 6.92 Å². The normalized spacial score (nSPS) is 11.6. The fourth-order valence-electron chi connectivity index (χ4n) is 2.71. The smallest absolute Gasteiger partial charge is 0.328 e. The SMILES string of the molecule is CCCCCCCCCCC(=O)NC(CCCNC(=N)N)C(=O)OCC. The van der Waals surface area contributed by atoms with Crippen LogP contribution in [0, 0.1) is 5.41 Å². The van der Waals surface area contributed by atoms with Crippen LogP contribution in [-0.2, 0) is 14.3 Å². The summed E-state index contributed by atoms with van der Waals surface area (Å²) in [5.41, 5.74) is 5.22. The van der Waals surface area contributed by atoms with E-state index in [9.17, 15) is 9.59 Å². The van der Waals surface area contributed by atoms with Crippen LogP contribution in [0.4, 0.5) is 0 Å². The molecule has 1 atom stereocenters. The van der Waals surface area contributed by atoms with Crippen LogP contribution in [0.2, 0.25) is 0 Å². The van der Waals surface area contributed by atoms with Gasteiger partial charge in [0.1, 0.15) is 6.04 Å². The molecule has 0 aromatic heterocycles. The van der Waals surface area contributed by atoms with Gasteiger partial charge in [0, 0.05) is 13.0 Å². The number of carbonyl (C=O) groups is 2. The van der Waals surface area contributed by atoms with E-state index in [1.807, 2.05) is 0 Å². The van der Waals surface area contributed by atoms with E-state index in [0.29, 0.717) is 25.8 Å². The highest BCUT2D eigenvalue weighted by Gasteiger charge is 2.21. The molecule has 0 aliphatic carbocycles. The van der Waals surface area contributed by atoms with Crippen LogP contribution in [0.3, 0.4) is 0 Å². The summed E-state index contributed by atoms with van der Waals surface area (Å²) in [5, 5.41) is 12.6. The molecule has 0 spiro atoms. The number of esters is 1. The molecule has 0 rings (SSSR count). The minimum absolute atomic E-state index is 0.101. The molecule has 0 heterocycles. The Balaban J connectivity index is 4.00. The van der Waals surface area contributed by atoms with Crippen molar-refractivity contribution < 1.29 is 14.3 Å². The first-order chi connectivity index (χ1) is 12.5. The van der Waals surface area contributed by atoms with Crippen LogP contribution >= 0.6 is 0 Å². The molecule has 0 aromatic rings. The van der Waals surface area contributed by atoms with Gasteiger partial charge in [-0.15, -0.1) is 0 Å². The fraction of sp³-hybridized carbons (Fsp3) is 0.842. The number of nitrogens with two attached hydrogens (primary N) is 1. The summed E-state index contributed by atoms with van der Waals surface area (Å²) >= 11 is 0. The van der Waals surface area contributed by atoms with Gasteiger partial charge in [-0.1, -0.05) is 51.9 Å². The standard InChI is InChI=1S/C19H38N4O3/c1-3-5-6-7-8-9-10-11-14-17(24)23-16(18(25)26-4-2)13-12-15-22-19(20)21/h16H,3-15H2,1-2H3,(H,23,24)(H4,20,21,22). The number of guanidine groups is 1. The molecule has 1 amide bonds. The minimum atomic E-state index is -0.634. The van der Waals surface area contributed by atoms with Gasteiger partial charge in [-0.25, -0.2) is 4.79 Å². The summed E-state index contributed by atoms with van der Waals surface area (Å²) in [7, 11) is 0. The number of nitrogens with one attached hydrogen (secondary N) is 3. The first-order valence-corrected chi connectivity index (χ1v) is 10.0. The van der Waals surface area contributed by atoms with Crippen LogP contribution in [0.1, 0.15) is 84.5 Å². The highest BCUT2D eigenvalue weighted by Crippen LogP contribution is 2.10. The zero-order chi connectivity index (χ0) is 19.6. The van der Waals surface area contributed by atoms with E-state index in [1.165, 1.54) is 32.1 Å². The van der Waals surface area contributed by atoms with Crippen molar-refractivity contribution in [3.05, 3.63) is 0 Å². The van der Waals surface area contributed by atoms with Crippen molar-refractivity contribution in [1.29, 1.82) is 5.41 Å². The molecule has 0 bridgehead atoms. The summed E-state index contributed by atoms with van der Waals surface area (Å²) < 4.78 is 5.03. The lowest BCUT2D eigenvalue weighted by atomic mass is 10.1. The van der Waals surface area contributed by atoms with Crippen molar-refractivity contribution in [2.24, 2.45) is 5.73 Å². The number of hydrogen-bond acceptors (Lipinski definition) is 4. The Kier molecular flexibility index (Phi) is 15.5. The van der Waals surface area contributed by atoms with Gasteiger partial charge in [-0.3, -0.25) is 10.2 Å². The van der Waals surface area contributed by atoms with Crippen molar-refractivity contribution >= 4 is 17.8 Å². The summed E-state index contributed by atoms with van der Waals surface area (Å²) in [6.07, 6.45) is 10.9. The lowest BCUT2D eigenvalue weighted by Gasteiger charge is -2.17. The molecule has 0 aromatic carbocycles. The third kappa shape index (κ3) is 14.5. The monoisotopic (exact) mass is 370 g/mol. The Labute approximate surface area is 158 Å². The van der Waals surface area contributed by atoms with Crippen molar-refractivity contribution in [3.8, 4) is 0 Å². The first kappa shape index (κ1) is 24.2. The maximum absolute atomic E-state index is 12.1. The van der Waals surface area contributed by atoms with E-state index in [4.69, 9.17) is 15.9 Å². The molecule has 7 heteroatoms. The Hall–Kier alpha value is -1.79. The van der Waals surface area contributed by atoms with Crippen LogP contribution in [0.5, 0.6) is 0 Å². The first-order valence-electron chi connectivity index (χ1n) is 10.0. The average molecular weight is 371 g/mol. The molecular formula is C19H38N4O3. The van der Waals surface area contributed by atoms with Gasteiger partial charge in [0.05, 0.1) is 6.61 Å². The Morgan fingerprint density at radius 2 is 1.62 bits per heavy atom. The van der Waals surface area contributed by atoms with Crippen LogP contribution < -0.4 is 16.4 Å². The topological polar surface area (TPSA) is 117 Å². The molecule has 7 nitrogen and oxygen atoms in total. The second-order valence-electron chi connectivity index (χ2n) is 6.58. The lowest BCUT2D eigenvalue weighted by molar-refractivity contribution is -0.147. The second kappa shape index (κ2) is 16.7. The van der Waals surface area contributed by atoms with Crippen LogP contribution in [-0.4, -0.2) is 37.0 Å². The van der Waals surface area contributed by atoms with Crippen molar-refractivity contribution in [2.75, 3.05) is 13.2 Å². The van der Waals surface area contributed by atoms with Crippen molar-refractivity contribution in [3.63, 3.8) is 0 Å². The predicted molar refractivity (Wildman–Crippen MR) is 105 cm³/mol. The van der Waals surface area contributed by atoms with Gasteiger partial charge < -0.3 is 21.1 Å². The molecule has 0 aliphatic heterocycles. The van der Waals surface area contributed by atoms with E-state index in [2.05, 4.69) is 17.6 Å². The number of unbranched alkanes of at least 4 members (excludes halogenated alkanes) is 7. The molecule has 0 fully saturated rings. The van der Waals surface area contributed by atoms with Gasteiger partial charge in [-0.05, 0) is 26.2 Å². The van der Waals surface area contributed by atoms with Gasteiger partial charge in [0.15, 0.2) is 5.96 Å². The molecular weight excluding hydrogens is 332 g/mol. The molecule has 0 saturated carbocycles. The van der Waals surface area contributed by atoms with Crippen LogP contribution in [0.25, 0.3) is 0 Å². The summed E-state index contributed by atoms with van der Waals surface area (Å²) in [4.78, 5) is 24.1. The summed E-state index contributed by atoms with van der Waals surface area (Å²) in [6.45, 7) is 4.73. The quantitative estimate of drug-likeness (QED) is 0.144. The fourth-order valence-corrected chi connectivity index (χ4v) is 2.71. The Bertz CT molecular complexity index is 402. The Morgan fingerprint density at radius 3 is 2.19 bits per heavy atom. The van der Waals surface area contributed by atoms with Crippen molar-refractivity contribution in [2.45, 2.75) is 90.5 Å². The molecule has 152 valence electrons. The number of carbonyl (C=O) groups excluding carboxylic acids is 2. The second-order valence-corrected chi connectivity index (χ2v) is 6.58. The zero-order valence-electron chi connectivity index (χ0n) is 16.6. The van der Waals surface area contributed by atoms with Gasteiger partial charge >= 0.3 is 5.97 Å². The molecule has 1 unspecified atom stereocenters. The Morgan fingerprint density at radius 1 is 1.00 bits per heavy atom. The number of ether oxygens (including phenoxy) is 1. The third-order valence-corrected chi connectivity index (χ3v) is 4.15. The molecule has 5 N–H and O–H groups in total. The van der Waals surface area contributed by atoms with E-state index in [-0.39, 0.29) is 18.5 Å². The largest absolute Gasteiger partial charge is 0.464 e. The predicted octanol–water partition coefficient (Wildman–Crippen LogP) is 2.83. The van der Waals surface area contributed by atoms with Crippen LogP contribution in [0.15, 0.2) is 0 Å².